The summed E-state index contributed by atoms with van der Waals surface area (Å²) in [4.78, 5) is 7.01. The van der Waals surface area contributed by atoms with Gasteiger partial charge < -0.3 is 20.3 Å². The Kier molecular flexibility index (Phi) is 12.7. The van der Waals surface area contributed by atoms with E-state index in [4.69, 9.17) is 4.74 Å². The molecule has 0 aliphatic heterocycles. The van der Waals surface area contributed by atoms with Crippen LogP contribution in [0.15, 0.2) is 29.3 Å². The van der Waals surface area contributed by atoms with Crippen LogP contribution < -0.4 is 15.4 Å². The first-order chi connectivity index (χ1) is 11.9. The number of nitrogens with zero attached hydrogens (tertiary/aromatic N) is 2. The average molecular weight is 476 g/mol. The molecule has 0 bridgehead atoms. The van der Waals surface area contributed by atoms with Gasteiger partial charge in [-0.2, -0.15) is 0 Å². The molecule has 0 radical (unpaired) electrons. The Balaban J connectivity index is 0.00000625. The first kappa shape index (κ1) is 25.0. The van der Waals surface area contributed by atoms with E-state index in [0.717, 1.165) is 44.5 Å². The highest BCUT2D eigenvalue weighted by Gasteiger charge is 2.11. The molecule has 0 spiro atoms. The number of rotatable bonds is 9. The van der Waals surface area contributed by atoms with E-state index in [1.165, 1.54) is 5.56 Å². The van der Waals surface area contributed by atoms with Crippen molar-refractivity contribution in [3.05, 3.63) is 29.8 Å². The van der Waals surface area contributed by atoms with Gasteiger partial charge in [-0.3, -0.25) is 0 Å². The second-order valence-electron chi connectivity index (χ2n) is 7.09. The Labute approximate surface area is 177 Å². The third-order valence-corrected chi connectivity index (χ3v) is 3.75. The van der Waals surface area contributed by atoms with Gasteiger partial charge in [0.2, 0.25) is 0 Å². The molecule has 1 aromatic carbocycles. The minimum Gasteiger partial charge on any atom is -0.492 e. The van der Waals surface area contributed by atoms with Gasteiger partial charge in [-0.15, -0.1) is 24.0 Å². The number of halogens is 1. The van der Waals surface area contributed by atoms with Gasteiger partial charge in [0, 0.05) is 18.6 Å². The maximum Gasteiger partial charge on any atom is 0.191 e. The molecule has 0 unspecified atom stereocenters. The largest absolute Gasteiger partial charge is 0.492 e. The van der Waals surface area contributed by atoms with E-state index in [-0.39, 0.29) is 29.5 Å². The number of aliphatic imine (C=N–C) groups is 1. The van der Waals surface area contributed by atoms with Crippen molar-refractivity contribution in [2.24, 2.45) is 4.99 Å². The minimum atomic E-state index is -0.0104. The van der Waals surface area contributed by atoms with Crippen molar-refractivity contribution in [3.8, 4) is 5.75 Å². The summed E-state index contributed by atoms with van der Waals surface area (Å²) in [6.45, 7) is 18.1. The quantitative estimate of drug-likeness (QED) is 0.323. The smallest absolute Gasteiger partial charge is 0.191 e. The predicted octanol–water partition coefficient (Wildman–Crippen LogP) is 3.88. The normalized spacial score (nSPS) is 11.9. The Morgan fingerprint density at radius 2 is 1.69 bits per heavy atom. The van der Waals surface area contributed by atoms with E-state index < -0.39 is 0 Å². The molecule has 1 aromatic rings. The van der Waals surface area contributed by atoms with Crippen LogP contribution in [-0.4, -0.2) is 49.2 Å². The maximum absolute atomic E-state index is 5.82. The van der Waals surface area contributed by atoms with Crippen molar-refractivity contribution in [2.45, 2.75) is 53.6 Å². The van der Waals surface area contributed by atoms with E-state index in [9.17, 15) is 0 Å². The highest BCUT2D eigenvalue weighted by Crippen LogP contribution is 2.13. The van der Waals surface area contributed by atoms with E-state index in [0.29, 0.717) is 6.54 Å². The van der Waals surface area contributed by atoms with Crippen molar-refractivity contribution in [1.29, 1.82) is 0 Å². The van der Waals surface area contributed by atoms with Gasteiger partial charge in [0.25, 0.3) is 0 Å². The summed E-state index contributed by atoms with van der Waals surface area (Å²) in [5.41, 5.74) is 1.16. The number of nitrogens with one attached hydrogen (secondary N) is 2. The molecule has 0 aromatic heterocycles. The summed E-state index contributed by atoms with van der Waals surface area (Å²) in [7, 11) is 0. The third kappa shape index (κ3) is 10.9. The zero-order valence-corrected chi connectivity index (χ0v) is 19.6. The second-order valence-corrected chi connectivity index (χ2v) is 7.09. The van der Waals surface area contributed by atoms with Crippen LogP contribution in [-0.2, 0) is 6.54 Å². The number of ether oxygens (including phenoxy) is 1. The van der Waals surface area contributed by atoms with Crippen molar-refractivity contribution in [1.82, 2.24) is 15.5 Å². The monoisotopic (exact) mass is 476 g/mol. The van der Waals surface area contributed by atoms with Gasteiger partial charge >= 0.3 is 0 Å². The summed E-state index contributed by atoms with van der Waals surface area (Å²) in [6, 6.07) is 8.21. The number of guanidine groups is 1. The van der Waals surface area contributed by atoms with Crippen LogP contribution in [0.25, 0.3) is 0 Å². The molecule has 0 saturated carbocycles. The average Bonchev–Trinajstić information content (AvgIpc) is 2.57. The first-order valence-electron chi connectivity index (χ1n) is 9.38. The van der Waals surface area contributed by atoms with Crippen LogP contribution in [0.2, 0.25) is 0 Å². The fourth-order valence-electron chi connectivity index (χ4n) is 2.36. The number of benzene rings is 1. The van der Waals surface area contributed by atoms with E-state index in [2.05, 4.69) is 74.2 Å². The fourth-order valence-corrected chi connectivity index (χ4v) is 2.36. The number of likely N-dealkylation sites (N-methyl/N-ethyl adjacent to an activating group) is 1. The number of hydrogen-bond acceptors (Lipinski definition) is 3. The maximum atomic E-state index is 5.82. The molecule has 0 aliphatic rings. The Hall–Kier alpha value is -1.02. The van der Waals surface area contributed by atoms with Crippen molar-refractivity contribution in [2.75, 3.05) is 32.8 Å². The van der Waals surface area contributed by atoms with Gasteiger partial charge in [0.1, 0.15) is 12.4 Å². The van der Waals surface area contributed by atoms with Crippen LogP contribution >= 0.6 is 24.0 Å². The van der Waals surface area contributed by atoms with Gasteiger partial charge in [-0.05, 0) is 58.5 Å². The lowest BCUT2D eigenvalue weighted by molar-refractivity contribution is 0.223. The highest BCUT2D eigenvalue weighted by atomic mass is 127. The molecule has 0 heterocycles. The molecule has 1 rings (SSSR count). The highest BCUT2D eigenvalue weighted by molar-refractivity contribution is 14.0. The summed E-state index contributed by atoms with van der Waals surface area (Å²) < 4.78 is 5.82. The van der Waals surface area contributed by atoms with Gasteiger partial charge in [-0.1, -0.05) is 26.0 Å². The summed E-state index contributed by atoms with van der Waals surface area (Å²) in [5.74, 6) is 1.76. The first-order valence-corrected chi connectivity index (χ1v) is 9.38. The Morgan fingerprint density at radius 1 is 1.08 bits per heavy atom. The molecule has 0 atom stereocenters. The lowest BCUT2D eigenvalue weighted by Gasteiger charge is -2.23. The van der Waals surface area contributed by atoms with Crippen molar-refractivity contribution < 1.29 is 4.74 Å². The van der Waals surface area contributed by atoms with Crippen molar-refractivity contribution >= 4 is 29.9 Å². The molecule has 0 fully saturated rings. The van der Waals surface area contributed by atoms with Crippen LogP contribution in [0.5, 0.6) is 5.75 Å². The Morgan fingerprint density at radius 3 is 2.19 bits per heavy atom. The second kappa shape index (κ2) is 13.2. The molecule has 0 amide bonds. The predicted molar refractivity (Wildman–Crippen MR) is 123 cm³/mol. The third-order valence-electron chi connectivity index (χ3n) is 3.75. The summed E-state index contributed by atoms with van der Waals surface area (Å²) in [5, 5.41) is 6.68. The van der Waals surface area contributed by atoms with Crippen LogP contribution in [0.1, 0.15) is 47.1 Å². The lowest BCUT2D eigenvalue weighted by Crippen LogP contribution is -2.47. The van der Waals surface area contributed by atoms with Crippen molar-refractivity contribution in [3.63, 3.8) is 0 Å². The molecule has 2 N–H and O–H groups in total. The summed E-state index contributed by atoms with van der Waals surface area (Å²) in [6.07, 6.45) is 0. The van der Waals surface area contributed by atoms with E-state index in [1.54, 1.807) is 0 Å². The van der Waals surface area contributed by atoms with Crippen LogP contribution in [0, 0.1) is 0 Å². The lowest BCUT2D eigenvalue weighted by atomic mass is 10.1. The molecule has 0 aliphatic carbocycles. The molecular weight excluding hydrogens is 439 g/mol. The summed E-state index contributed by atoms with van der Waals surface area (Å²) >= 11 is 0. The zero-order valence-electron chi connectivity index (χ0n) is 17.3. The topological polar surface area (TPSA) is 48.9 Å². The van der Waals surface area contributed by atoms with E-state index >= 15 is 0 Å². The standard InChI is InChI=1S/C20H36N4O.HI/c1-7-21-19(23-20(4,5)6)22-16-17-10-12-18(13-11-17)25-15-14-24(8-2)9-3;/h10-13H,7-9,14-16H2,1-6H3,(H2,21,22,23);1H. The van der Waals surface area contributed by atoms with Crippen LogP contribution in [0.4, 0.5) is 0 Å². The minimum absolute atomic E-state index is 0. The molecule has 26 heavy (non-hydrogen) atoms. The van der Waals surface area contributed by atoms with Gasteiger partial charge in [0.15, 0.2) is 5.96 Å². The van der Waals surface area contributed by atoms with Gasteiger partial charge in [0.05, 0.1) is 6.54 Å². The number of hydrogen-bond donors (Lipinski definition) is 2. The molecule has 0 saturated heterocycles. The fraction of sp³-hybridized carbons (Fsp3) is 0.650. The molecule has 150 valence electrons. The molecule has 5 nitrogen and oxygen atoms in total. The van der Waals surface area contributed by atoms with Gasteiger partial charge in [-0.25, -0.2) is 4.99 Å². The van der Waals surface area contributed by atoms with E-state index in [1.807, 2.05) is 12.1 Å². The zero-order chi connectivity index (χ0) is 18.7. The Bertz CT molecular complexity index is 508. The molecular formula is C20H37IN4O. The molecule has 6 heteroatoms. The SMILES string of the molecule is CCNC(=NCc1ccc(OCCN(CC)CC)cc1)NC(C)(C)C.I. The van der Waals surface area contributed by atoms with Crippen LogP contribution in [0.3, 0.4) is 0 Å².